The molecule has 21 heavy (non-hydrogen) atoms. The minimum absolute atomic E-state index is 0.309. The number of rotatable bonds is 4. The fourth-order valence-electron chi connectivity index (χ4n) is 2.54. The van der Waals surface area contributed by atoms with Crippen LogP contribution in [0, 0.1) is 0 Å². The Hall–Kier alpha value is -0.995. The summed E-state index contributed by atoms with van der Waals surface area (Å²) in [6.45, 7) is 10.5. The number of aryl methyl sites for hydroxylation is 1. The minimum atomic E-state index is -0.312. The van der Waals surface area contributed by atoms with Crippen LogP contribution in [0.25, 0.3) is 0 Å². The molecule has 4 heteroatoms. The van der Waals surface area contributed by atoms with E-state index in [2.05, 4.69) is 52.8 Å². The molecule has 1 heterocycles. The Balaban J connectivity index is 1.89. The van der Waals surface area contributed by atoms with Crippen molar-refractivity contribution >= 4 is 12.6 Å². The van der Waals surface area contributed by atoms with Crippen LogP contribution in [0.3, 0.4) is 0 Å². The lowest BCUT2D eigenvalue weighted by molar-refractivity contribution is 0.00578. The van der Waals surface area contributed by atoms with Gasteiger partial charge >= 0.3 is 7.12 Å². The lowest BCUT2D eigenvalue weighted by atomic mass is 9.75. The van der Waals surface area contributed by atoms with E-state index >= 15 is 0 Å². The van der Waals surface area contributed by atoms with Crippen LogP contribution < -0.4 is 10.2 Å². The zero-order chi connectivity index (χ0) is 15.3. The third-order valence-electron chi connectivity index (χ3n) is 4.83. The van der Waals surface area contributed by atoms with Gasteiger partial charge in [-0.05, 0) is 70.1 Å². The zero-order valence-corrected chi connectivity index (χ0v) is 13.7. The van der Waals surface area contributed by atoms with E-state index in [9.17, 15) is 0 Å². The molecule has 0 aromatic heterocycles. The molecule has 0 unspecified atom stereocenters. The normalized spacial score (nSPS) is 23.4. The predicted molar refractivity (Wildman–Crippen MR) is 85.2 cm³/mol. The van der Waals surface area contributed by atoms with E-state index in [0.29, 0.717) is 6.10 Å². The van der Waals surface area contributed by atoms with Crippen molar-refractivity contribution in [3.05, 3.63) is 23.8 Å². The Kier molecular flexibility index (Phi) is 3.57. The van der Waals surface area contributed by atoms with Crippen LogP contribution in [0.4, 0.5) is 0 Å². The highest BCUT2D eigenvalue weighted by molar-refractivity contribution is 6.62. The maximum absolute atomic E-state index is 6.19. The maximum atomic E-state index is 6.19. The van der Waals surface area contributed by atoms with Gasteiger partial charge in [-0.2, -0.15) is 0 Å². The first kappa shape index (κ1) is 14.9. The molecule has 2 aliphatic rings. The second kappa shape index (κ2) is 5.03. The van der Waals surface area contributed by atoms with Gasteiger partial charge in [-0.3, -0.25) is 0 Å². The Labute approximate surface area is 128 Å². The fraction of sp³-hybridized carbons (Fsp3) is 0.647. The van der Waals surface area contributed by atoms with Crippen LogP contribution in [0.1, 0.15) is 53.0 Å². The SMILES string of the molecule is CCc1ccc(OC2CC2)cc1B1OC(C)(C)C(C)(C)O1. The molecule has 0 bridgehead atoms. The van der Waals surface area contributed by atoms with Gasteiger partial charge in [0.2, 0.25) is 0 Å². The van der Waals surface area contributed by atoms with Crippen LogP contribution >= 0.6 is 0 Å². The number of ether oxygens (including phenoxy) is 1. The minimum Gasteiger partial charge on any atom is -0.490 e. The summed E-state index contributed by atoms with van der Waals surface area (Å²) in [5.74, 6) is 0.930. The molecule has 0 amide bonds. The molecular formula is C17H25BO3. The molecule has 1 aliphatic carbocycles. The lowest BCUT2D eigenvalue weighted by Gasteiger charge is -2.32. The van der Waals surface area contributed by atoms with E-state index in [1.165, 1.54) is 18.4 Å². The molecule has 1 saturated carbocycles. The largest absolute Gasteiger partial charge is 0.495 e. The molecule has 1 aromatic rings. The van der Waals surface area contributed by atoms with Crippen molar-refractivity contribution < 1.29 is 14.0 Å². The summed E-state index contributed by atoms with van der Waals surface area (Å²) in [7, 11) is -0.312. The summed E-state index contributed by atoms with van der Waals surface area (Å²) in [6.07, 6.45) is 3.70. The summed E-state index contributed by atoms with van der Waals surface area (Å²) in [5, 5.41) is 0. The van der Waals surface area contributed by atoms with Crippen molar-refractivity contribution in [2.24, 2.45) is 0 Å². The third-order valence-corrected chi connectivity index (χ3v) is 4.83. The van der Waals surface area contributed by atoms with E-state index in [-0.39, 0.29) is 18.3 Å². The molecule has 0 spiro atoms. The Morgan fingerprint density at radius 1 is 1.14 bits per heavy atom. The predicted octanol–water partition coefficient (Wildman–Crippen LogP) is 3.09. The van der Waals surface area contributed by atoms with Crippen LogP contribution in [-0.4, -0.2) is 24.4 Å². The number of benzene rings is 1. The molecule has 3 rings (SSSR count). The Morgan fingerprint density at radius 2 is 1.76 bits per heavy atom. The molecule has 3 nitrogen and oxygen atoms in total. The lowest BCUT2D eigenvalue weighted by Crippen LogP contribution is -2.41. The second-order valence-corrected chi connectivity index (χ2v) is 7.12. The second-order valence-electron chi connectivity index (χ2n) is 7.12. The van der Waals surface area contributed by atoms with E-state index in [1.54, 1.807) is 0 Å². The first-order chi connectivity index (χ1) is 9.82. The third kappa shape index (κ3) is 2.84. The molecule has 0 atom stereocenters. The summed E-state index contributed by atoms with van der Waals surface area (Å²) in [6, 6.07) is 6.29. The maximum Gasteiger partial charge on any atom is 0.495 e. The first-order valence-corrected chi connectivity index (χ1v) is 7.97. The molecule has 1 aromatic carbocycles. The van der Waals surface area contributed by atoms with Crippen molar-refractivity contribution in [1.82, 2.24) is 0 Å². The summed E-state index contributed by atoms with van der Waals surface area (Å²) >= 11 is 0. The fourth-order valence-corrected chi connectivity index (χ4v) is 2.54. The van der Waals surface area contributed by atoms with E-state index in [4.69, 9.17) is 14.0 Å². The highest BCUT2D eigenvalue weighted by Gasteiger charge is 2.52. The molecule has 1 saturated heterocycles. The molecular weight excluding hydrogens is 263 g/mol. The van der Waals surface area contributed by atoms with Crippen LogP contribution in [0.5, 0.6) is 5.75 Å². The molecule has 0 radical (unpaired) electrons. The summed E-state index contributed by atoms with van der Waals surface area (Å²) in [5.41, 5.74) is 1.75. The monoisotopic (exact) mass is 288 g/mol. The van der Waals surface area contributed by atoms with Crippen molar-refractivity contribution in [3.63, 3.8) is 0 Å². The van der Waals surface area contributed by atoms with E-state index < -0.39 is 0 Å². The Morgan fingerprint density at radius 3 is 2.29 bits per heavy atom. The highest BCUT2D eigenvalue weighted by atomic mass is 16.7. The average molecular weight is 288 g/mol. The molecule has 0 N–H and O–H groups in total. The van der Waals surface area contributed by atoms with E-state index in [0.717, 1.165) is 17.6 Å². The van der Waals surface area contributed by atoms with Gasteiger partial charge < -0.3 is 14.0 Å². The van der Waals surface area contributed by atoms with Crippen molar-refractivity contribution in [3.8, 4) is 5.75 Å². The molecule has 2 fully saturated rings. The Bertz CT molecular complexity index is 519. The first-order valence-electron chi connectivity index (χ1n) is 7.97. The van der Waals surface area contributed by atoms with Gasteiger partial charge in [0.1, 0.15) is 5.75 Å². The van der Waals surface area contributed by atoms with Gasteiger partial charge in [0.05, 0.1) is 17.3 Å². The number of hydrogen-bond donors (Lipinski definition) is 0. The quantitative estimate of drug-likeness (QED) is 0.797. The topological polar surface area (TPSA) is 27.7 Å². The van der Waals surface area contributed by atoms with Gasteiger partial charge in [-0.1, -0.05) is 13.0 Å². The average Bonchev–Trinajstić information content (AvgIpc) is 3.17. The van der Waals surface area contributed by atoms with Crippen LogP contribution in [0.15, 0.2) is 18.2 Å². The van der Waals surface area contributed by atoms with Gasteiger partial charge in [0.25, 0.3) is 0 Å². The van der Waals surface area contributed by atoms with E-state index in [1.807, 2.05) is 0 Å². The smallest absolute Gasteiger partial charge is 0.490 e. The van der Waals surface area contributed by atoms with Gasteiger partial charge in [0, 0.05) is 0 Å². The van der Waals surface area contributed by atoms with Crippen LogP contribution in [0.2, 0.25) is 0 Å². The zero-order valence-electron chi connectivity index (χ0n) is 13.7. The van der Waals surface area contributed by atoms with Crippen LogP contribution in [-0.2, 0) is 15.7 Å². The van der Waals surface area contributed by atoms with Gasteiger partial charge in [0.15, 0.2) is 0 Å². The van der Waals surface area contributed by atoms with Gasteiger partial charge in [-0.15, -0.1) is 0 Å². The van der Waals surface area contributed by atoms with Gasteiger partial charge in [-0.25, -0.2) is 0 Å². The van der Waals surface area contributed by atoms with Crippen molar-refractivity contribution in [2.75, 3.05) is 0 Å². The summed E-state index contributed by atoms with van der Waals surface area (Å²) in [4.78, 5) is 0. The van der Waals surface area contributed by atoms with Crippen molar-refractivity contribution in [1.29, 1.82) is 0 Å². The highest BCUT2D eigenvalue weighted by Crippen LogP contribution is 2.37. The number of hydrogen-bond acceptors (Lipinski definition) is 3. The standard InChI is InChI=1S/C17H25BO3/c1-6-12-7-8-14(19-13-9-10-13)11-15(12)18-20-16(2,3)17(4,5)21-18/h7-8,11,13H,6,9-10H2,1-5H3. The molecule has 1 aliphatic heterocycles. The molecule has 114 valence electrons. The van der Waals surface area contributed by atoms with Crippen molar-refractivity contribution in [2.45, 2.75) is 71.2 Å². The summed E-state index contributed by atoms with van der Waals surface area (Å²) < 4.78 is 18.3.